The lowest BCUT2D eigenvalue weighted by Gasteiger charge is -2.36. The molecule has 0 aromatic heterocycles. The van der Waals surface area contributed by atoms with E-state index in [0.717, 1.165) is 59.1 Å². The van der Waals surface area contributed by atoms with Crippen LogP contribution >= 0.6 is 12.2 Å². The molecule has 0 spiro atoms. The van der Waals surface area contributed by atoms with Crippen LogP contribution in [-0.4, -0.2) is 18.7 Å². The molecule has 6 rings (SSSR count). The number of thiocarbonyl (C=S) groups is 1. The van der Waals surface area contributed by atoms with Crippen molar-refractivity contribution in [2.45, 2.75) is 25.3 Å². The Morgan fingerprint density at radius 1 is 0.867 bits per heavy atom. The summed E-state index contributed by atoms with van der Waals surface area (Å²) >= 11 is 5.56. The molecule has 7 heteroatoms. The van der Waals surface area contributed by atoms with E-state index in [1.165, 1.54) is 11.1 Å². The van der Waals surface area contributed by atoms with Gasteiger partial charge in [0.05, 0.1) is 6.04 Å². The fourth-order valence-electron chi connectivity index (χ4n) is 4.47. The minimum Gasteiger partial charge on any atom is -0.454 e. The van der Waals surface area contributed by atoms with Crippen molar-refractivity contribution in [3.8, 4) is 23.0 Å². The fraction of sp³-hybridized carbons (Fsp3) is 0.261. The molecule has 2 aromatic carbocycles. The molecule has 6 nitrogen and oxygen atoms in total. The number of benzene rings is 2. The number of hydrogen-bond acceptors (Lipinski definition) is 5. The average molecular weight is 420 g/mol. The minimum atomic E-state index is 0.0173. The summed E-state index contributed by atoms with van der Waals surface area (Å²) in [5.41, 5.74) is 5.92. The van der Waals surface area contributed by atoms with Gasteiger partial charge in [-0.2, -0.15) is 0 Å². The molecule has 1 atom stereocenters. The summed E-state index contributed by atoms with van der Waals surface area (Å²) in [6.07, 6.45) is 5.31. The van der Waals surface area contributed by atoms with E-state index in [9.17, 15) is 0 Å². The van der Waals surface area contributed by atoms with E-state index in [-0.39, 0.29) is 19.6 Å². The zero-order valence-corrected chi connectivity index (χ0v) is 17.0. The largest absolute Gasteiger partial charge is 0.454 e. The van der Waals surface area contributed by atoms with Gasteiger partial charge in [0.15, 0.2) is 28.1 Å². The molecule has 0 saturated heterocycles. The first-order valence-electron chi connectivity index (χ1n) is 10.1. The predicted molar refractivity (Wildman–Crippen MR) is 116 cm³/mol. The van der Waals surface area contributed by atoms with Crippen LogP contribution in [0.5, 0.6) is 23.0 Å². The zero-order valence-electron chi connectivity index (χ0n) is 16.2. The zero-order chi connectivity index (χ0) is 20.1. The fourth-order valence-corrected chi connectivity index (χ4v) is 4.69. The summed E-state index contributed by atoms with van der Waals surface area (Å²) in [5.74, 6) is 3.16. The molecular formula is C23H20N2O4S. The predicted octanol–water partition coefficient (Wildman–Crippen LogP) is 4.18. The lowest BCUT2D eigenvalue weighted by molar-refractivity contribution is 0.173. The molecular weight excluding hydrogens is 400 g/mol. The first kappa shape index (κ1) is 17.7. The standard InChI is InChI=1S/C23H20N2O4S/c30-23-24-21-14(8-13-4-6-17-19(9-13)28-11-26-17)2-1-3-16(21)22(25-23)15-5-7-18-20(10-15)29-12-27-18/h4-10,22H,1-3,11-12H2,(H2,24,25,30)/b14-8+. The highest BCUT2D eigenvalue weighted by Crippen LogP contribution is 2.42. The summed E-state index contributed by atoms with van der Waals surface area (Å²) in [5, 5.41) is 7.49. The van der Waals surface area contributed by atoms with E-state index in [0.29, 0.717) is 5.11 Å². The molecule has 0 saturated carbocycles. The molecule has 1 aliphatic carbocycles. The van der Waals surface area contributed by atoms with Crippen molar-refractivity contribution >= 4 is 23.4 Å². The van der Waals surface area contributed by atoms with Gasteiger partial charge in [-0.25, -0.2) is 0 Å². The molecule has 2 N–H and O–H groups in total. The van der Waals surface area contributed by atoms with Gasteiger partial charge in [-0.1, -0.05) is 12.1 Å². The molecule has 0 bridgehead atoms. The average Bonchev–Trinajstić information content (AvgIpc) is 3.42. The van der Waals surface area contributed by atoms with Gasteiger partial charge in [0.25, 0.3) is 0 Å². The third kappa shape index (κ3) is 2.97. The summed E-state index contributed by atoms with van der Waals surface area (Å²) in [6, 6.07) is 12.2. The number of hydrogen-bond donors (Lipinski definition) is 2. The first-order chi connectivity index (χ1) is 14.7. The van der Waals surface area contributed by atoms with E-state index in [1.54, 1.807) is 0 Å². The molecule has 3 heterocycles. The van der Waals surface area contributed by atoms with Crippen molar-refractivity contribution in [2.75, 3.05) is 13.6 Å². The van der Waals surface area contributed by atoms with Crippen molar-refractivity contribution in [3.63, 3.8) is 0 Å². The highest BCUT2D eigenvalue weighted by Gasteiger charge is 2.31. The lowest BCUT2D eigenvalue weighted by atomic mass is 9.83. The van der Waals surface area contributed by atoms with Gasteiger partial charge in [-0.15, -0.1) is 0 Å². The Kier molecular flexibility index (Phi) is 4.09. The Labute approximate surface area is 179 Å². The molecule has 1 unspecified atom stereocenters. The van der Waals surface area contributed by atoms with Crippen LogP contribution in [0.1, 0.15) is 36.4 Å². The number of fused-ring (bicyclic) bond motifs is 2. The van der Waals surface area contributed by atoms with Crippen LogP contribution in [0.3, 0.4) is 0 Å². The maximum atomic E-state index is 5.58. The molecule has 0 radical (unpaired) electrons. The lowest BCUT2D eigenvalue weighted by Crippen LogP contribution is -2.45. The Hall–Kier alpha value is -3.19. The number of nitrogens with one attached hydrogen (secondary N) is 2. The van der Waals surface area contributed by atoms with Crippen LogP contribution in [0.2, 0.25) is 0 Å². The van der Waals surface area contributed by atoms with Gasteiger partial charge >= 0.3 is 0 Å². The van der Waals surface area contributed by atoms with Crippen LogP contribution in [-0.2, 0) is 0 Å². The number of allylic oxidation sites excluding steroid dienone is 1. The van der Waals surface area contributed by atoms with Gasteiger partial charge in [0, 0.05) is 5.70 Å². The van der Waals surface area contributed by atoms with Crippen molar-refractivity contribution in [2.24, 2.45) is 0 Å². The van der Waals surface area contributed by atoms with E-state index < -0.39 is 0 Å². The van der Waals surface area contributed by atoms with Crippen molar-refractivity contribution in [3.05, 3.63) is 64.4 Å². The van der Waals surface area contributed by atoms with Crippen molar-refractivity contribution < 1.29 is 18.9 Å². The van der Waals surface area contributed by atoms with Gasteiger partial charge in [0.2, 0.25) is 13.6 Å². The maximum absolute atomic E-state index is 5.58. The van der Waals surface area contributed by atoms with E-state index in [1.807, 2.05) is 24.3 Å². The van der Waals surface area contributed by atoms with Crippen LogP contribution in [0.4, 0.5) is 0 Å². The molecule has 152 valence electrons. The molecule has 30 heavy (non-hydrogen) atoms. The Morgan fingerprint density at radius 2 is 1.60 bits per heavy atom. The quantitative estimate of drug-likeness (QED) is 0.707. The smallest absolute Gasteiger partial charge is 0.231 e. The Morgan fingerprint density at radius 3 is 2.43 bits per heavy atom. The van der Waals surface area contributed by atoms with Gasteiger partial charge in [-0.3, -0.25) is 0 Å². The van der Waals surface area contributed by atoms with E-state index >= 15 is 0 Å². The molecule has 0 amide bonds. The SMILES string of the molecule is S=C1NC2=C(CCC/C2=C\c2ccc3c(c2)OCO3)C(c2ccc3c(c2)OCO3)N1. The summed E-state index contributed by atoms with van der Waals surface area (Å²) in [7, 11) is 0. The monoisotopic (exact) mass is 420 g/mol. The normalized spacial score (nSPS) is 22.6. The Balaban J connectivity index is 1.39. The van der Waals surface area contributed by atoms with Gasteiger partial charge < -0.3 is 29.6 Å². The van der Waals surface area contributed by atoms with Crippen LogP contribution < -0.4 is 29.6 Å². The molecule has 4 aliphatic rings. The van der Waals surface area contributed by atoms with Crippen molar-refractivity contribution in [1.29, 1.82) is 0 Å². The third-order valence-corrected chi connectivity index (χ3v) is 6.08. The number of ether oxygens (including phenoxy) is 4. The first-order valence-corrected chi connectivity index (χ1v) is 10.5. The summed E-state index contributed by atoms with van der Waals surface area (Å²) in [4.78, 5) is 0. The molecule has 0 fully saturated rings. The van der Waals surface area contributed by atoms with E-state index in [2.05, 4.69) is 28.8 Å². The van der Waals surface area contributed by atoms with Crippen molar-refractivity contribution in [1.82, 2.24) is 10.6 Å². The second-order valence-electron chi connectivity index (χ2n) is 7.68. The second-order valence-corrected chi connectivity index (χ2v) is 8.09. The number of rotatable bonds is 2. The minimum absolute atomic E-state index is 0.0173. The van der Waals surface area contributed by atoms with Crippen LogP contribution in [0.25, 0.3) is 6.08 Å². The van der Waals surface area contributed by atoms with Gasteiger partial charge in [0.1, 0.15) is 0 Å². The van der Waals surface area contributed by atoms with Gasteiger partial charge in [-0.05, 0) is 84.1 Å². The Bertz CT molecular complexity index is 1120. The van der Waals surface area contributed by atoms with Crippen LogP contribution in [0.15, 0.2) is 53.2 Å². The summed E-state index contributed by atoms with van der Waals surface area (Å²) < 4.78 is 22.0. The summed E-state index contributed by atoms with van der Waals surface area (Å²) in [6.45, 7) is 0.552. The third-order valence-electron chi connectivity index (χ3n) is 5.86. The molecule has 2 aromatic rings. The topological polar surface area (TPSA) is 61.0 Å². The highest BCUT2D eigenvalue weighted by atomic mass is 32.1. The highest BCUT2D eigenvalue weighted by molar-refractivity contribution is 7.80. The van der Waals surface area contributed by atoms with E-state index in [4.69, 9.17) is 31.2 Å². The second kappa shape index (κ2) is 6.95. The van der Waals surface area contributed by atoms with Crippen LogP contribution in [0, 0.1) is 0 Å². The maximum Gasteiger partial charge on any atom is 0.231 e. The molecule has 3 aliphatic heterocycles.